The van der Waals surface area contributed by atoms with Crippen LogP contribution in [0.15, 0.2) is 58.8 Å². The van der Waals surface area contributed by atoms with Gasteiger partial charge >= 0.3 is 11.9 Å². The van der Waals surface area contributed by atoms with Crippen LogP contribution in [0.4, 0.5) is 0 Å². The zero-order chi connectivity index (χ0) is 33.7. The number of carbonyl (C=O) groups excluding carboxylic acids is 2. The molecule has 11 nitrogen and oxygen atoms in total. The molecule has 0 saturated carbocycles. The van der Waals surface area contributed by atoms with Gasteiger partial charge < -0.3 is 35.5 Å². The summed E-state index contributed by atoms with van der Waals surface area (Å²) >= 11 is 0. The fourth-order valence-corrected chi connectivity index (χ4v) is 4.54. The minimum atomic E-state index is -0.648. The van der Waals surface area contributed by atoms with Crippen LogP contribution in [0.3, 0.4) is 0 Å². The summed E-state index contributed by atoms with van der Waals surface area (Å²) in [6.45, 7) is 15.1. The average molecular weight is 638 g/mol. The number of hydrogen-bond acceptors (Lipinski definition) is 9. The predicted molar refractivity (Wildman–Crippen MR) is 179 cm³/mol. The first-order valence-corrected chi connectivity index (χ1v) is 16.0. The Hall–Kier alpha value is -4.12. The second-order valence-corrected chi connectivity index (χ2v) is 13.7. The molecule has 2 aromatic carbocycles. The monoisotopic (exact) mass is 637 g/mol. The molecule has 0 atom stereocenters. The van der Waals surface area contributed by atoms with Gasteiger partial charge in [-0.2, -0.15) is 0 Å². The summed E-state index contributed by atoms with van der Waals surface area (Å²) < 4.78 is 11.8. The molecule has 4 N–H and O–H groups in total. The minimum Gasteiger partial charge on any atom is -0.494 e. The number of amidine groups is 2. The van der Waals surface area contributed by atoms with Crippen molar-refractivity contribution in [3.63, 3.8) is 0 Å². The lowest BCUT2D eigenvalue weighted by Gasteiger charge is -2.32. The van der Waals surface area contributed by atoms with E-state index in [-0.39, 0.29) is 11.7 Å². The van der Waals surface area contributed by atoms with Crippen LogP contribution in [0.1, 0.15) is 84.8 Å². The zero-order valence-electron chi connectivity index (χ0n) is 28.2. The van der Waals surface area contributed by atoms with E-state index < -0.39 is 22.8 Å². The maximum atomic E-state index is 11.9. The average Bonchev–Trinajstić information content (AvgIpc) is 3.02. The van der Waals surface area contributed by atoms with Crippen molar-refractivity contribution in [1.29, 1.82) is 0 Å². The lowest BCUT2D eigenvalue weighted by molar-refractivity contribution is -0.153. The molecule has 11 heteroatoms. The number of piperidine rings is 1. The van der Waals surface area contributed by atoms with Gasteiger partial charge in [-0.3, -0.25) is 0 Å². The van der Waals surface area contributed by atoms with Gasteiger partial charge in [-0.05, 0) is 141 Å². The Kier molecular flexibility index (Phi) is 13.4. The Balaban J connectivity index is 1.26. The maximum absolute atomic E-state index is 11.9. The van der Waals surface area contributed by atoms with Crippen LogP contribution >= 0.6 is 0 Å². The van der Waals surface area contributed by atoms with E-state index in [1.807, 2.05) is 24.3 Å². The number of ether oxygens (including phenoxy) is 2. The Morgan fingerprint density at radius 3 is 1.54 bits per heavy atom. The van der Waals surface area contributed by atoms with Gasteiger partial charge in [0.15, 0.2) is 11.7 Å². The summed E-state index contributed by atoms with van der Waals surface area (Å²) in [5.41, 5.74) is 11.9. The van der Waals surface area contributed by atoms with Gasteiger partial charge in [-0.15, -0.1) is 0 Å². The first kappa shape index (κ1) is 36.3. The molecule has 1 fully saturated rings. The second kappa shape index (κ2) is 17.0. The van der Waals surface area contributed by atoms with E-state index in [1.54, 1.807) is 65.8 Å². The molecule has 0 spiro atoms. The summed E-state index contributed by atoms with van der Waals surface area (Å²) in [6.07, 6.45) is 5.50. The molecule has 2 aromatic rings. The van der Waals surface area contributed by atoms with Crippen molar-refractivity contribution < 1.29 is 28.7 Å². The summed E-state index contributed by atoms with van der Waals surface area (Å²) in [6, 6.07) is 14.6. The summed E-state index contributed by atoms with van der Waals surface area (Å²) in [5.74, 6) is 1.65. The van der Waals surface area contributed by atoms with Crippen molar-refractivity contribution >= 4 is 23.6 Å². The van der Waals surface area contributed by atoms with E-state index in [9.17, 15) is 9.59 Å². The van der Waals surface area contributed by atoms with Crippen molar-refractivity contribution in [3.8, 4) is 11.5 Å². The van der Waals surface area contributed by atoms with E-state index in [0.29, 0.717) is 24.3 Å². The highest BCUT2D eigenvalue weighted by Gasteiger charge is 2.24. The van der Waals surface area contributed by atoms with Crippen molar-refractivity contribution in [2.24, 2.45) is 38.5 Å². The van der Waals surface area contributed by atoms with Gasteiger partial charge in [-0.1, -0.05) is 10.3 Å². The highest BCUT2D eigenvalue weighted by atomic mass is 16.7. The number of oxime groups is 2. The van der Waals surface area contributed by atoms with Crippen molar-refractivity contribution in [3.05, 3.63) is 59.7 Å². The highest BCUT2D eigenvalue weighted by Crippen LogP contribution is 2.23. The van der Waals surface area contributed by atoms with E-state index in [4.69, 9.17) is 30.6 Å². The van der Waals surface area contributed by atoms with E-state index in [1.165, 1.54) is 12.8 Å². The first-order chi connectivity index (χ1) is 21.7. The summed E-state index contributed by atoms with van der Waals surface area (Å²) in [4.78, 5) is 36.1. The fraction of sp³-hybridized carbons (Fsp3) is 0.543. The smallest absolute Gasteiger partial charge is 0.340 e. The number of rotatable bonds is 14. The molecular weight excluding hydrogens is 586 g/mol. The Labute approximate surface area is 273 Å². The van der Waals surface area contributed by atoms with Crippen LogP contribution in [0, 0.1) is 16.7 Å². The van der Waals surface area contributed by atoms with E-state index in [2.05, 4.69) is 15.2 Å². The SMILES string of the molecule is CC(C)(C)C(=O)ON=C(N)c1ccc(OCCCC2CCN(CCCOc3ccc(C(N)=NOC(=O)C(C)(C)C)cc3)CC2)cc1. The lowest BCUT2D eigenvalue weighted by Crippen LogP contribution is -2.35. The van der Waals surface area contributed by atoms with Crippen LogP contribution < -0.4 is 20.9 Å². The third-order valence-electron chi connectivity index (χ3n) is 7.60. The van der Waals surface area contributed by atoms with E-state index in [0.717, 1.165) is 56.3 Å². The van der Waals surface area contributed by atoms with Crippen molar-refractivity contribution in [2.75, 3.05) is 32.8 Å². The quantitative estimate of drug-likeness (QED) is 0.0906. The van der Waals surface area contributed by atoms with Crippen LogP contribution in [-0.2, 0) is 19.3 Å². The molecule has 0 amide bonds. The Bertz CT molecular complexity index is 1220. The minimum absolute atomic E-state index is 0.141. The molecule has 46 heavy (non-hydrogen) atoms. The molecular formula is C35H51N5O6. The topological polar surface area (TPSA) is 151 Å². The van der Waals surface area contributed by atoms with Crippen molar-refractivity contribution in [1.82, 2.24) is 4.90 Å². The number of nitrogens with zero attached hydrogens (tertiary/aromatic N) is 3. The standard InChI is InChI=1S/C35H51N5O6/c1-34(2,3)32(41)45-38-30(36)26-10-14-28(15-11-26)43-23-7-9-25-18-21-40(22-19-25)20-8-24-44-29-16-12-27(13-17-29)31(37)39-46-33(42)35(4,5)6/h10-17,25H,7-9,18-24H2,1-6H3,(H2,36,38)(H2,37,39). The largest absolute Gasteiger partial charge is 0.494 e. The molecule has 0 radical (unpaired) electrons. The summed E-state index contributed by atoms with van der Waals surface area (Å²) in [5, 5.41) is 7.51. The molecule has 3 rings (SSSR count). The van der Waals surface area contributed by atoms with Gasteiger partial charge in [0, 0.05) is 17.7 Å². The van der Waals surface area contributed by atoms with Gasteiger partial charge in [0.2, 0.25) is 0 Å². The third kappa shape index (κ3) is 12.3. The summed E-state index contributed by atoms with van der Waals surface area (Å²) in [7, 11) is 0. The molecule has 0 unspecified atom stereocenters. The van der Waals surface area contributed by atoms with Crippen LogP contribution in [0.25, 0.3) is 0 Å². The molecule has 0 aliphatic carbocycles. The van der Waals surface area contributed by atoms with Crippen LogP contribution in [0.5, 0.6) is 11.5 Å². The Morgan fingerprint density at radius 1 is 0.717 bits per heavy atom. The number of likely N-dealkylation sites (tertiary alicyclic amines) is 1. The fourth-order valence-electron chi connectivity index (χ4n) is 4.54. The van der Waals surface area contributed by atoms with Gasteiger partial charge in [0.05, 0.1) is 24.0 Å². The number of nitrogens with two attached hydrogens (primary N) is 2. The number of carbonyl (C=O) groups is 2. The van der Waals surface area contributed by atoms with Gasteiger partial charge in [0.1, 0.15) is 11.5 Å². The number of hydrogen-bond donors (Lipinski definition) is 2. The van der Waals surface area contributed by atoms with Crippen molar-refractivity contribution in [2.45, 2.75) is 73.6 Å². The number of benzene rings is 2. The molecule has 0 bridgehead atoms. The van der Waals surface area contributed by atoms with Crippen LogP contribution in [-0.4, -0.2) is 61.4 Å². The van der Waals surface area contributed by atoms with Crippen LogP contribution in [0.2, 0.25) is 0 Å². The second-order valence-electron chi connectivity index (χ2n) is 13.7. The predicted octanol–water partition coefficient (Wildman–Crippen LogP) is 5.45. The molecule has 1 aliphatic heterocycles. The normalized spacial score (nSPS) is 15.3. The zero-order valence-corrected chi connectivity index (χ0v) is 28.2. The van der Waals surface area contributed by atoms with Gasteiger partial charge in [0.25, 0.3) is 0 Å². The lowest BCUT2D eigenvalue weighted by atomic mass is 9.92. The molecule has 1 aliphatic rings. The van der Waals surface area contributed by atoms with Gasteiger partial charge in [-0.25, -0.2) is 9.59 Å². The first-order valence-electron chi connectivity index (χ1n) is 16.0. The van der Waals surface area contributed by atoms with E-state index >= 15 is 0 Å². The molecule has 0 aromatic heterocycles. The third-order valence-corrected chi connectivity index (χ3v) is 7.60. The molecule has 1 saturated heterocycles. The highest BCUT2D eigenvalue weighted by molar-refractivity contribution is 5.98. The molecule has 1 heterocycles. The maximum Gasteiger partial charge on any atom is 0.340 e. The Morgan fingerprint density at radius 2 is 1.13 bits per heavy atom. The molecule has 252 valence electrons.